The molecule has 0 aliphatic carbocycles. The number of carbonyl (C=O) groups is 2. The Morgan fingerprint density at radius 1 is 1.00 bits per heavy atom. The van der Waals surface area contributed by atoms with Crippen molar-refractivity contribution in [2.24, 2.45) is 0 Å². The zero-order chi connectivity index (χ0) is 18.4. The van der Waals surface area contributed by atoms with Crippen LogP contribution in [-0.2, 0) is 20.9 Å². The van der Waals surface area contributed by atoms with Gasteiger partial charge in [-0.2, -0.15) is 0 Å². The van der Waals surface area contributed by atoms with Gasteiger partial charge in [-0.25, -0.2) is 0 Å². The lowest BCUT2D eigenvalue weighted by Crippen LogP contribution is -2.31. The third kappa shape index (κ3) is 5.64. The van der Waals surface area contributed by atoms with Crippen LogP contribution >= 0.6 is 0 Å². The quantitative estimate of drug-likeness (QED) is 0.596. The van der Waals surface area contributed by atoms with E-state index >= 15 is 0 Å². The van der Waals surface area contributed by atoms with E-state index in [1.54, 1.807) is 45.0 Å². The summed E-state index contributed by atoms with van der Waals surface area (Å²) >= 11 is 0. The van der Waals surface area contributed by atoms with Crippen molar-refractivity contribution >= 4 is 11.9 Å². The van der Waals surface area contributed by atoms with Gasteiger partial charge in [0, 0.05) is 0 Å². The molecule has 2 aromatic rings. The van der Waals surface area contributed by atoms with E-state index in [2.05, 4.69) is 0 Å². The molecule has 0 aromatic heterocycles. The number of nitrogens with one attached hydrogen (secondary N) is 1. The molecule has 1 unspecified atom stereocenters. The van der Waals surface area contributed by atoms with Crippen LogP contribution in [0, 0.1) is 0 Å². The number of esters is 1. The lowest BCUT2D eigenvalue weighted by molar-refractivity contribution is -0.158. The van der Waals surface area contributed by atoms with Crippen LogP contribution < -0.4 is 10.5 Å². The molecule has 5 heteroatoms. The first kappa shape index (κ1) is 18.5. The molecule has 5 nitrogen and oxygen atoms in total. The van der Waals surface area contributed by atoms with E-state index in [1.165, 1.54) is 0 Å². The second kappa shape index (κ2) is 7.83. The van der Waals surface area contributed by atoms with Crippen LogP contribution in [0.15, 0.2) is 54.6 Å². The normalized spacial score (nSPS) is 12.3. The Morgan fingerprint density at radius 2 is 1.60 bits per heavy atom. The highest BCUT2D eigenvalue weighted by molar-refractivity contribution is 6.02. The Bertz CT molecular complexity index is 718. The second-order valence-electron chi connectivity index (χ2n) is 6.67. The van der Waals surface area contributed by atoms with Crippen LogP contribution in [0.5, 0.6) is 5.75 Å². The van der Waals surface area contributed by atoms with E-state index in [0.29, 0.717) is 17.9 Å². The van der Waals surface area contributed by atoms with Crippen LogP contribution in [0.1, 0.15) is 37.8 Å². The highest BCUT2D eigenvalue weighted by Crippen LogP contribution is 2.24. The molecule has 0 heterocycles. The van der Waals surface area contributed by atoms with Gasteiger partial charge < -0.3 is 9.47 Å². The van der Waals surface area contributed by atoms with Crippen molar-refractivity contribution in [3.63, 3.8) is 0 Å². The summed E-state index contributed by atoms with van der Waals surface area (Å²) in [6.45, 7) is 5.58. The van der Waals surface area contributed by atoms with Gasteiger partial charge in [0.2, 0.25) is 0 Å². The molecule has 0 saturated heterocycles. The van der Waals surface area contributed by atoms with Crippen LogP contribution in [0.2, 0.25) is 0 Å². The van der Waals surface area contributed by atoms with Gasteiger partial charge in [0.05, 0.1) is 0 Å². The largest absolute Gasteiger partial charge is 0.489 e. The molecule has 25 heavy (non-hydrogen) atoms. The SMILES string of the molecule is CC(C)(C)OC(=O)C(C([NH])=O)c1ccc(OCc2ccccc2)cc1. The van der Waals surface area contributed by atoms with Crippen molar-refractivity contribution in [1.82, 2.24) is 5.73 Å². The number of hydrogen-bond acceptors (Lipinski definition) is 4. The lowest BCUT2D eigenvalue weighted by atomic mass is 9.98. The Kier molecular flexibility index (Phi) is 5.80. The summed E-state index contributed by atoms with van der Waals surface area (Å²) < 4.78 is 10.9. The zero-order valence-corrected chi connectivity index (χ0v) is 14.6. The topological polar surface area (TPSA) is 76.4 Å². The Balaban J connectivity index is 2.07. The monoisotopic (exact) mass is 340 g/mol. The van der Waals surface area contributed by atoms with Gasteiger partial charge in [0.15, 0.2) is 5.92 Å². The van der Waals surface area contributed by atoms with Crippen LogP contribution in [0.25, 0.3) is 0 Å². The van der Waals surface area contributed by atoms with Gasteiger partial charge in [-0.05, 0) is 44.0 Å². The van der Waals surface area contributed by atoms with Crippen LogP contribution in [0.3, 0.4) is 0 Å². The number of benzene rings is 2. The maximum absolute atomic E-state index is 12.2. The molecule has 1 radical (unpaired) electrons. The van der Waals surface area contributed by atoms with Gasteiger partial charge in [0.1, 0.15) is 18.0 Å². The third-order valence-electron chi connectivity index (χ3n) is 3.37. The van der Waals surface area contributed by atoms with Gasteiger partial charge in [-0.15, -0.1) is 0 Å². The predicted molar refractivity (Wildman–Crippen MR) is 93.9 cm³/mol. The molecule has 1 atom stereocenters. The van der Waals surface area contributed by atoms with Crippen molar-refractivity contribution in [1.29, 1.82) is 0 Å². The van der Waals surface area contributed by atoms with Crippen LogP contribution in [0.4, 0.5) is 0 Å². The number of ether oxygens (including phenoxy) is 2. The average molecular weight is 340 g/mol. The smallest absolute Gasteiger partial charge is 0.323 e. The molecule has 131 valence electrons. The third-order valence-corrected chi connectivity index (χ3v) is 3.37. The van der Waals surface area contributed by atoms with E-state index in [4.69, 9.17) is 15.2 Å². The molecule has 2 rings (SSSR count). The molecule has 1 amide bonds. The molecule has 0 saturated carbocycles. The molecule has 1 N–H and O–H groups in total. The fraction of sp³-hybridized carbons (Fsp3) is 0.300. The first-order valence-electron chi connectivity index (χ1n) is 8.01. The van der Waals surface area contributed by atoms with Gasteiger partial charge >= 0.3 is 5.97 Å². The van der Waals surface area contributed by atoms with E-state index < -0.39 is 23.4 Å². The lowest BCUT2D eigenvalue weighted by Gasteiger charge is -2.22. The van der Waals surface area contributed by atoms with E-state index in [-0.39, 0.29) is 0 Å². The maximum atomic E-state index is 12.2. The Morgan fingerprint density at radius 3 is 2.12 bits per heavy atom. The summed E-state index contributed by atoms with van der Waals surface area (Å²) in [7, 11) is 0. The minimum atomic E-state index is -1.25. The minimum absolute atomic E-state index is 0.418. The summed E-state index contributed by atoms with van der Waals surface area (Å²) in [5.74, 6) is -2.34. The van der Waals surface area contributed by atoms with E-state index in [9.17, 15) is 9.59 Å². The van der Waals surface area contributed by atoms with Crippen molar-refractivity contribution in [3.05, 3.63) is 65.7 Å². The standard InChI is InChI=1S/C20H22NO4/c1-20(2,3)25-19(23)17(18(21)22)15-9-11-16(12-10-15)24-13-14-7-5-4-6-8-14/h4-12,17,21H,13H2,1-3H3. The summed E-state index contributed by atoms with van der Waals surface area (Å²) in [6.07, 6.45) is 0. The van der Waals surface area contributed by atoms with Crippen molar-refractivity contribution < 1.29 is 19.1 Å². The minimum Gasteiger partial charge on any atom is -0.489 e. The number of rotatable bonds is 6. The highest BCUT2D eigenvalue weighted by Gasteiger charge is 2.31. The molecular weight excluding hydrogens is 318 g/mol. The molecule has 0 aliphatic rings. The summed E-state index contributed by atoms with van der Waals surface area (Å²) in [4.78, 5) is 23.8. The van der Waals surface area contributed by atoms with Gasteiger partial charge in [0.25, 0.3) is 5.91 Å². The predicted octanol–water partition coefficient (Wildman–Crippen LogP) is 3.50. The Labute approximate surface area is 147 Å². The summed E-state index contributed by atoms with van der Waals surface area (Å²) in [5, 5.41) is 0. The first-order chi connectivity index (χ1) is 11.8. The fourth-order valence-corrected chi connectivity index (χ4v) is 2.25. The molecule has 2 aromatic carbocycles. The number of amides is 1. The summed E-state index contributed by atoms with van der Waals surface area (Å²) in [5.41, 5.74) is 8.13. The molecule has 0 fully saturated rings. The summed E-state index contributed by atoms with van der Waals surface area (Å²) in [6, 6.07) is 16.3. The van der Waals surface area contributed by atoms with Gasteiger partial charge in [-0.1, -0.05) is 42.5 Å². The average Bonchev–Trinajstić information content (AvgIpc) is 2.53. The van der Waals surface area contributed by atoms with Gasteiger partial charge in [-0.3, -0.25) is 15.3 Å². The second-order valence-corrected chi connectivity index (χ2v) is 6.67. The van der Waals surface area contributed by atoms with Crippen LogP contribution in [-0.4, -0.2) is 17.5 Å². The van der Waals surface area contributed by atoms with Crippen molar-refractivity contribution in [2.75, 3.05) is 0 Å². The molecule has 0 bridgehead atoms. The maximum Gasteiger partial charge on any atom is 0.323 e. The first-order valence-corrected chi connectivity index (χ1v) is 8.01. The highest BCUT2D eigenvalue weighted by atomic mass is 16.6. The Hall–Kier alpha value is -2.82. The number of carbonyl (C=O) groups excluding carboxylic acids is 2. The molecule has 0 aliphatic heterocycles. The molecule has 0 spiro atoms. The fourth-order valence-electron chi connectivity index (χ4n) is 2.25. The van der Waals surface area contributed by atoms with E-state index in [1.807, 2.05) is 30.3 Å². The number of hydrogen-bond donors (Lipinski definition) is 0. The van der Waals surface area contributed by atoms with Crippen molar-refractivity contribution in [2.45, 2.75) is 38.9 Å². The molecular formula is C20H22NO4. The zero-order valence-electron chi connectivity index (χ0n) is 14.6. The van der Waals surface area contributed by atoms with Crippen molar-refractivity contribution in [3.8, 4) is 5.75 Å². The van der Waals surface area contributed by atoms with E-state index in [0.717, 1.165) is 5.56 Å².